The minimum absolute atomic E-state index is 0.164. The Hall–Kier alpha value is -3.82. The van der Waals surface area contributed by atoms with Gasteiger partial charge in [-0.3, -0.25) is 19.5 Å². The number of hydrogen-bond donors (Lipinski definition) is 1. The number of nitrogens with zero attached hydrogens (tertiary/aromatic N) is 4. The molecule has 10 heteroatoms. The van der Waals surface area contributed by atoms with E-state index in [0.717, 1.165) is 28.3 Å². The van der Waals surface area contributed by atoms with Gasteiger partial charge in [-0.1, -0.05) is 68.8 Å². The third-order valence-corrected chi connectivity index (χ3v) is 8.35. The van der Waals surface area contributed by atoms with E-state index in [2.05, 4.69) is 31.1 Å². The number of para-hydroxylation sites is 2. The Kier molecular flexibility index (Phi) is 8.37. The Morgan fingerprint density at radius 2 is 1.83 bits per heavy atom. The van der Waals surface area contributed by atoms with Crippen LogP contribution in [0.2, 0.25) is 5.02 Å². The molecule has 0 fully saturated rings. The van der Waals surface area contributed by atoms with Crippen molar-refractivity contribution in [2.75, 3.05) is 24.3 Å². The van der Waals surface area contributed by atoms with Crippen LogP contribution in [0.5, 0.6) is 5.75 Å². The molecule has 41 heavy (non-hydrogen) atoms. The zero-order valence-electron chi connectivity index (χ0n) is 23.4. The summed E-state index contributed by atoms with van der Waals surface area (Å²) in [5, 5.41) is 8.21. The number of nitrogens with one attached hydrogen (secondary N) is 1. The third-order valence-electron chi connectivity index (χ3n) is 6.80. The van der Waals surface area contributed by atoms with Crippen molar-refractivity contribution in [3.05, 3.63) is 100 Å². The molecule has 0 aliphatic carbocycles. The van der Waals surface area contributed by atoms with Gasteiger partial charge in [-0.2, -0.15) is 5.10 Å². The first-order valence-corrected chi connectivity index (χ1v) is 14.7. The molecule has 4 aromatic rings. The smallest absolute Gasteiger partial charge is 0.240 e. The number of amides is 2. The summed E-state index contributed by atoms with van der Waals surface area (Å²) in [5.74, 6) is 0.907. The first-order chi connectivity index (χ1) is 19.7. The lowest BCUT2D eigenvalue weighted by molar-refractivity contribution is -0.123. The highest BCUT2D eigenvalue weighted by Crippen LogP contribution is 2.50. The Labute approximate surface area is 249 Å². The molecule has 0 radical (unpaired) electrons. The zero-order chi connectivity index (χ0) is 29.1. The number of anilines is 1. The predicted octanol–water partition coefficient (Wildman–Crippen LogP) is 5.71. The highest BCUT2D eigenvalue weighted by atomic mass is 35.5. The van der Waals surface area contributed by atoms with E-state index in [1.807, 2.05) is 60.7 Å². The summed E-state index contributed by atoms with van der Waals surface area (Å²) >= 11 is 8.20. The standard InChI is InChI=1S/C31H32ClN5O3S/c1-31(2,3)29-27-28(21-12-5-8-15-24(21)40-4)41-19-26(39)36(18-25(38)34-17-20-11-9-10-16-33-20)30(27)37(35-29)23-14-7-6-13-22(23)32/h5-16,28H,17-19H2,1-4H3,(H,34,38)/t28-/m1/s1. The van der Waals surface area contributed by atoms with E-state index >= 15 is 0 Å². The van der Waals surface area contributed by atoms with E-state index in [9.17, 15) is 9.59 Å². The molecule has 1 aliphatic rings. The van der Waals surface area contributed by atoms with E-state index in [1.54, 1.807) is 24.1 Å². The summed E-state index contributed by atoms with van der Waals surface area (Å²) in [6, 6.07) is 20.7. The predicted molar refractivity (Wildman–Crippen MR) is 163 cm³/mol. The lowest BCUT2D eigenvalue weighted by Crippen LogP contribution is -2.42. The lowest BCUT2D eigenvalue weighted by atomic mass is 9.87. The molecule has 2 aromatic carbocycles. The van der Waals surface area contributed by atoms with Crippen LogP contribution in [0.15, 0.2) is 72.9 Å². The maximum absolute atomic E-state index is 13.9. The zero-order valence-corrected chi connectivity index (χ0v) is 25.0. The molecule has 1 aliphatic heterocycles. The van der Waals surface area contributed by atoms with Crippen molar-refractivity contribution in [1.29, 1.82) is 0 Å². The summed E-state index contributed by atoms with van der Waals surface area (Å²) in [6.45, 7) is 6.34. The molecule has 1 N–H and O–H groups in total. The molecule has 5 rings (SSSR count). The monoisotopic (exact) mass is 589 g/mol. The number of methoxy groups -OCH3 is 1. The van der Waals surface area contributed by atoms with Gasteiger partial charge in [0.1, 0.15) is 18.1 Å². The summed E-state index contributed by atoms with van der Waals surface area (Å²) in [5.41, 5.74) is 3.56. The number of pyridine rings is 1. The number of rotatable bonds is 7. The third kappa shape index (κ3) is 5.96. The molecule has 2 amide bonds. The van der Waals surface area contributed by atoms with Gasteiger partial charge < -0.3 is 10.1 Å². The van der Waals surface area contributed by atoms with Gasteiger partial charge in [-0.15, -0.1) is 11.8 Å². The number of carbonyl (C=O) groups excluding carboxylic acids is 2. The molecular formula is C31H32ClN5O3S. The average molecular weight is 590 g/mol. The Bertz CT molecular complexity index is 1570. The van der Waals surface area contributed by atoms with Gasteiger partial charge in [0.25, 0.3) is 0 Å². The van der Waals surface area contributed by atoms with E-state index < -0.39 is 5.41 Å². The fraction of sp³-hybridized carbons (Fsp3) is 0.290. The van der Waals surface area contributed by atoms with Crippen LogP contribution < -0.4 is 15.0 Å². The quantitative estimate of drug-likeness (QED) is 0.297. The van der Waals surface area contributed by atoms with Gasteiger partial charge in [0.15, 0.2) is 0 Å². The second kappa shape index (κ2) is 12.0. The minimum Gasteiger partial charge on any atom is -0.496 e. The Morgan fingerprint density at radius 3 is 2.54 bits per heavy atom. The highest BCUT2D eigenvalue weighted by molar-refractivity contribution is 8.00. The van der Waals surface area contributed by atoms with Gasteiger partial charge in [0, 0.05) is 22.7 Å². The highest BCUT2D eigenvalue weighted by Gasteiger charge is 2.40. The number of ether oxygens (including phenoxy) is 1. The van der Waals surface area contributed by atoms with Crippen LogP contribution in [-0.4, -0.2) is 46.0 Å². The van der Waals surface area contributed by atoms with Crippen LogP contribution in [0, 0.1) is 0 Å². The van der Waals surface area contributed by atoms with Crippen LogP contribution >= 0.6 is 23.4 Å². The molecule has 0 unspecified atom stereocenters. The number of benzene rings is 2. The second-order valence-electron chi connectivity index (χ2n) is 10.7. The fourth-order valence-electron chi connectivity index (χ4n) is 4.88. The van der Waals surface area contributed by atoms with Crippen LogP contribution in [0.4, 0.5) is 5.82 Å². The lowest BCUT2D eigenvalue weighted by Gasteiger charge is -2.25. The van der Waals surface area contributed by atoms with Gasteiger partial charge in [0.2, 0.25) is 11.8 Å². The first kappa shape index (κ1) is 28.7. The SMILES string of the molecule is COc1ccccc1[C@H]1SCC(=O)N(CC(=O)NCc2ccccn2)c2c1c(C(C)(C)C)nn2-c1ccccc1Cl. The molecule has 1 atom stereocenters. The molecule has 8 nitrogen and oxygen atoms in total. The number of aromatic nitrogens is 3. The Morgan fingerprint density at radius 1 is 1.10 bits per heavy atom. The normalized spacial score (nSPS) is 15.3. The summed E-state index contributed by atoms with van der Waals surface area (Å²) in [4.78, 5) is 33.0. The molecule has 0 spiro atoms. The average Bonchev–Trinajstić information content (AvgIpc) is 3.30. The van der Waals surface area contributed by atoms with Crippen LogP contribution in [0.3, 0.4) is 0 Å². The Balaban J connectivity index is 1.69. The molecule has 0 saturated carbocycles. The molecule has 0 saturated heterocycles. The fourth-order valence-corrected chi connectivity index (χ4v) is 6.32. The van der Waals surface area contributed by atoms with Crippen molar-refractivity contribution >= 4 is 41.0 Å². The van der Waals surface area contributed by atoms with E-state index in [-0.39, 0.29) is 35.9 Å². The number of hydrogen-bond acceptors (Lipinski definition) is 6. The van der Waals surface area contributed by atoms with Crippen LogP contribution in [0.1, 0.15) is 48.5 Å². The molecule has 0 bridgehead atoms. The van der Waals surface area contributed by atoms with Gasteiger partial charge in [-0.25, -0.2) is 4.68 Å². The number of carbonyl (C=O) groups is 2. The number of thioether (sulfide) groups is 1. The maximum atomic E-state index is 13.9. The van der Waals surface area contributed by atoms with E-state index in [4.69, 9.17) is 21.4 Å². The van der Waals surface area contributed by atoms with Crippen LogP contribution in [-0.2, 0) is 21.5 Å². The summed E-state index contributed by atoms with van der Waals surface area (Å²) in [6.07, 6.45) is 1.68. The topological polar surface area (TPSA) is 89.3 Å². The largest absolute Gasteiger partial charge is 0.496 e. The molecule has 2 aromatic heterocycles. The van der Waals surface area contributed by atoms with Crippen molar-refractivity contribution in [2.24, 2.45) is 0 Å². The van der Waals surface area contributed by atoms with Crippen molar-refractivity contribution in [3.8, 4) is 11.4 Å². The van der Waals surface area contributed by atoms with Crippen molar-refractivity contribution in [3.63, 3.8) is 0 Å². The van der Waals surface area contributed by atoms with Gasteiger partial charge in [-0.05, 0) is 30.3 Å². The first-order valence-electron chi connectivity index (χ1n) is 13.3. The minimum atomic E-state index is -0.391. The van der Waals surface area contributed by atoms with Gasteiger partial charge in [0.05, 0.1) is 46.8 Å². The molecular weight excluding hydrogens is 558 g/mol. The maximum Gasteiger partial charge on any atom is 0.240 e. The van der Waals surface area contributed by atoms with Crippen molar-refractivity contribution < 1.29 is 14.3 Å². The summed E-state index contributed by atoms with van der Waals surface area (Å²) < 4.78 is 7.47. The van der Waals surface area contributed by atoms with Crippen LogP contribution in [0.25, 0.3) is 5.69 Å². The number of fused-ring (bicyclic) bond motifs is 1. The number of halogens is 1. The van der Waals surface area contributed by atoms with E-state index in [1.165, 1.54) is 16.7 Å². The van der Waals surface area contributed by atoms with E-state index in [0.29, 0.717) is 16.5 Å². The van der Waals surface area contributed by atoms with Gasteiger partial charge >= 0.3 is 0 Å². The second-order valence-corrected chi connectivity index (χ2v) is 12.2. The summed E-state index contributed by atoms with van der Waals surface area (Å²) in [7, 11) is 1.64. The molecule has 212 valence electrons. The van der Waals surface area contributed by atoms with Crippen molar-refractivity contribution in [1.82, 2.24) is 20.1 Å². The van der Waals surface area contributed by atoms with Crippen molar-refractivity contribution in [2.45, 2.75) is 38.0 Å². The molecule has 3 heterocycles.